The summed E-state index contributed by atoms with van der Waals surface area (Å²) in [6.07, 6.45) is 1.94. The Morgan fingerprint density at radius 3 is 2.80 bits per heavy atom. The average Bonchev–Trinajstić information content (AvgIpc) is 1.89. The van der Waals surface area contributed by atoms with Crippen molar-refractivity contribution in [3.05, 3.63) is 0 Å². The van der Waals surface area contributed by atoms with Crippen molar-refractivity contribution in [2.24, 2.45) is 5.73 Å². The van der Waals surface area contributed by atoms with Gasteiger partial charge < -0.3 is 10.8 Å². The minimum atomic E-state index is 0.182. The van der Waals surface area contributed by atoms with E-state index in [2.05, 4.69) is 6.92 Å². The Morgan fingerprint density at radius 1 is 1.60 bits per heavy atom. The first-order valence-electron chi connectivity index (χ1n) is 3.75. The smallest absolute Gasteiger partial charge is 0.0446 e. The predicted molar refractivity (Wildman–Crippen MR) is 47.3 cm³/mol. The molecule has 3 N–H and O–H groups in total. The summed E-state index contributed by atoms with van der Waals surface area (Å²) in [5, 5.41) is 8.50. The minimum Gasteiger partial charge on any atom is -0.396 e. The first-order valence-corrected chi connectivity index (χ1v) is 4.91. The Balaban J connectivity index is 2.97. The average molecular weight is 163 g/mol. The van der Waals surface area contributed by atoms with E-state index in [0.717, 1.165) is 12.2 Å². The van der Waals surface area contributed by atoms with Crippen molar-refractivity contribution in [3.63, 3.8) is 0 Å². The lowest BCUT2D eigenvalue weighted by Crippen LogP contribution is -2.24. The highest BCUT2D eigenvalue weighted by molar-refractivity contribution is 7.99. The molecular weight excluding hydrogens is 146 g/mol. The molecule has 62 valence electrons. The van der Waals surface area contributed by atoms with E-state index in [1.807, 2.05) is 11.8 Å². The van der Waals surface area contributed by atoms with Gasteiger partial charge in [-0.05, 0) is 18.6 Å². The van der Waals surface area contributed by atoms with Gasteiger partial charge in [-0.15, -0.1) is 0 Å². The number of aliphatic hydroxyl groups is 1. The lowest BCUT2D eigenvalue weighted by atomic mass is 10.3. The summed E-state index contributed by atoms with van der Waals surface area (Å²) in [6, 6.07) is 0.182. The molecule has 0 fully saturated rings. The molecular formula is C7H17NOS. The highest BCUT2D eigenvalue weighted by Gasteiger charge is 1.99. The van der Waals surface area contributed by atoms with Gasteiger partial charge in [0.05, 0.1) is 0 Å². The fourth-order valence-electron chi connectivity index (χ4n) is 0.628. The summed E-state index contributed by atoms with van der Waals surface area (Å²) in [5.74, 6) is 2.16. The molecule has 3 heteroatoms. The van der Waals surface area contributed by atoms with Crippen molar-refractivity contribution >= 4 is 11.8 Å². The zero-order chi connectivity index (χ0) is 7.82. The molecule has 0 saturated heterocycles. The van der Waals surface area contributed by atoms with Crippen LogP contribution in [-0.4, -0.2) is 29.3 Å². The highest BCUT2D eigenvalue weighted by Crippen LogP contribution is 2.04. The maximum atomic E-state index is 8.50. The molecule has 1 atom stereocenters. The Morgan fingerprint density at radius 2 is 2.30 bits per heavy atom. The topological polar surface area (TPSA) is 46.2 Å². The second kappa shape index (κ2) is 7.38. The molecule has 0 radical (unpaired) electrons. The van der Waals surface area contributed by atoms with E-state index in [4.69, 9.17) is 10.8 Å². The quantitative estimate of drug-likeness (QED) is 0.570. The molecule has 0 aromatic carbocycles. The minimum absolute atomic E-state index is 0.182. The maximum absolute atomic E-state index is 8.50. The van der Waals surface area contributed by atoms with Crippen LogP contribution in [0.3, 0.4) is 0 Å². The fourth-order valence-corrected chi connectivity index (χ4v) is 1.55. The zero-order valence-corrected chi connectivity index (χ0v) is 7.36. The fraction of sp³-hybridized carbons (Fsp3) is 1.00. The lowest BCUT2D eigenvalue weighted by molar-refractivity contribution is 0.279. The van der Waals surface area contributed by atoms with Crippen LogP contribution in [0.2, 0.25) is 0 Å². The van der Waals surface area contributed by atoms with E-state index in [9.17, 15) is 0 Å². The summed E-state index contributed by atoms with van der Waals surface area (Å²) in [5.41, 5.74) is 5.64. The van der Waals surface area contributed by atoms with Gasteiger partial charge >= 0.3 is 0 Å². The van der Waals surface area contributed by atoms with Crippen LogP contribution in [0.15, 0.2) is 0 Å². The van der Waals surface area contributed by atoms with Gasteiger partial charge in [0.1, 0.15) is 0 Å². The third kappa shape index (κ3) is 6.39. The third-order valence-corrected chi connectivity index (χ3v) is 2.54. The summed E-state index contributed by atoms with van der Waals surface area (Å²) < 4.78 is 0. The summed E-state index contributed by atoms with van der Waals surface area (Å²) in [6.45, 7) is 2.37. The standard InChI is InChI=1S/C7H17NOS/c1-2-5-10-6-7(8)3-4-9/h7,9H,2-6,8H2,1H3. The van der Waals surface area contributed by atoms with Crippen LogP contribution < -0.4 is 5.73 Å². The molecule has 0 aromatic heterocycles. The first kappa shape index (κ1) is 10.3. The second-order valence-corrected chi connectivity index (χ2v) is 3.50. The Kier molecular flexibility index (Phi) is 7.58. The van der Waals surface area contributed by atoms with Gasteiger partial charge in [0.25, 0.3) is 0 Å². The zero-order valence-electron chi connectivity index (χ0n) is 6.55. The molecule has 0 aliphatic carbocycles. The summed E-state index contributed by atoms with van der Waals surface area (Å²) >= 11 is 1.87. The number of thioether (sulfide) groups is 1. The highest BCUT2D eigenvalue weighted by atomic mass is 32.2. The molecule has 0 aromatic rings. The Labute approximate surface area is 67.2 Å². The van der Waals surface area contributed by atoms with Gasteiger partial charge in [-0.25, -0.2) is 0 Å². The molecule has 10 heavy (non-hydrogen) atoms. The van der Waals surface area contributed by atoms with Crippen LogP contribution in [0.5, 0.6) is 0 Å². The number of nitrogens with two attached hydrogens (primary N) is 1. The Hall–Kier alpha value is 0.270. The molecule has 0 amide bonds. The molecule has 2 nitrogen and oxygen atoms in total. The SMILES string of the molecule is CCCSCC(N)CCO. The monoisotopic (exact) mass is 163 g/mol. The molecule has 0 bridgehead atoms. The van der Waals surface area contributed by atoms with Crippen molar-refractivity contribution < 1.29 is 5.11 Å². The predicted octanol–water partition coefficient (Wildman–Crippen LogP) is 0.839. The third-order valence-electron chi connectivity index (χ3n) is 1.18. The van der Waals surface area contributed by atoms with Gasteiger partial charge in [0.2, 0.25) is 0 Å². The van der Waals surface area contributed by atoms with Crippen molar-refractivity contribution in [2.45, 2.75) is 25.8 Å². The van der Waals surface area contributed by atoms with Crippen LogP contribution in [0.4, 0.5) is 0 Å². The van der Waals surface area contributed by atoms with E-state index in [0.29, 0.717) is 0 Å². The molecule has 0 spiro atoms. The molecule has 1 unspecified atom stereocenters. The van der Waals surface area contributed by atoms with Crippen LogP contribution >= 0.6 is 11.8 Å². The molecule has 0 rings (SSSR count). The number of aliphatic hydroxyl groups excluding tert-OH is 1. The van der Waals surface area contributed by atoms with Crippen LogP contribution in [-0.2, 0) is 0 Å². The number of rotatable bonds is 6. The van der Waals surface area contributed by atoms with E-state index in [1.54, 1.807) is 0 Å². The van der Waals surface area contributed by atoms with Crippen molar-refractivity contribution in [1.82, 2.24) is 0 Å². The van der Waals surface area contributed by atoms with Gasteiger partial charge in [-0.2, -0.15) is 11.8 Å². The van der Waals surface area contributed by atoms with E-state index < -0.39 is 0 Å². The maximum Gasteiger partial charge on any atom is 0.0446 e. The van der Waals surface area contributed by atoms with Crippen LogP contribution in [0.25, 0.3) is 0 Å². The van der Waals surface area contributed by atoms with Gasteiger partial charge in [0.15, 0.2) is 0 Å². The van der Waals surface area contributed by atoms with Crippen LogP contribution in [0.1, 0.15) is 19.8 Å². The summed E-state index contributed by atoms with van der Waals surface area (Å²) in [7, 11) is 0. The molecule has 0 aliphatic heterocycles. The van der Waals surface area contributed by atoms with E-state index in [-0.39, 0.29) is 12.6 Å². The van der Waals surface area contributed by atoms with E-state index >= 15 is 0 Å². The molecule has 0 heterocycles. The summed E-state index contributed by atoms with van der Waals surface area (Å²) in [4.78, 5) is 0. The largest absolute Gasteiger partial charge is 0.396 e. The first-order chi connectivity index (χ1) is 4.81. The van der Waals surface area contributed by atoms with E-state index in [1.165, 1.54) is 12.2 Å². The molecule has 0 saturated carbocycles. The van der Waals surface area contributed by atoms with Crippen molar-refractivity contribution in [1.29, 1.82) is 0 Å². The Bertz CT molecular complexity index is 70.6. The number of hydrogen-bond donors (Lipinski definition) is 2. The molecule has 0 aliphatic rings. The number of hydrogen-bond acceptors (Lipinski definition) is 3. The van der Waals surface area contributed by atoms with Gasteiger partial charge in [-0.3, -0.25) is 0 Å². The van der Waals surface area contributed by atoms with Crippen molar-refractivity contribution in [2.75, 3.05) is 18.1 Å². The van der Waals surface area contributed by atoms with Gasteiger partial charge in [-0.1, -0.05) is 6.92 Å². The van der Waals surface area contributed by atoms with Crippen molar-refractivity contribution in [3.8, 4) is 0 Å². The second-order valence-electron chi connectivity index (χ2n) is 2.35. The van der Waals surface area contributed by atoms with Gasteiger partial charge in [0, 0.05) is 18.4 Å². The normalized spacial score (nSPS) is 13.5. The lowest BCUT2D eigenvalue weighted by Gasteiger charge is -2.07. The van der Waals surface area contributed by atoms with Crippen LogP contribution in [0, 0.1) is 0 Å².